The Morgan fingerprint density at radius 2 is 1.70 bits per heavy atom. The van der Waals surface area contributed by atoms with Crippen molar-refractivity contribution in [1.82, 2.24) is 24.0 Å². The summed E-state index contributed by atoms with van der Waals surface area (Å²) in [6, 6.07) is 15.9. The number of hydrogen-bond acceptors (Lipinski definition) is 8. The first-order valence-corrected chi connectivity index (χ1v) is 16.3. The molecule has 14 heteroatoms. The van der Waals surface area contributed by atoms with Crippen molar-refractivity contribution in [2.75, 3.05) is 25.5 Å². The highest BCUT2D eigenvalue weighted by atomic mass is 35.5. The molecule has 2 N–H and O–H groups in total. The summed E-state index contributed by atoms with van der Waals surface area (Å²) in [4.78, 5) is 48.3. The zero-order chi connectivity index (χ0) is 35.6. The van der Waals surface area contributed by atoms with Gasteiger partial charge in [0, 0.05) is 56.1 Å². The Morgan fingerprint density at radius 1 is 1.02 bits per heavy atom. The van der Waals surface area contributed by atoms with Crippen LogP contribution in [0.5, 0.6) is 5.88 Å². The third-order valence-corrected chi connectivity index (χ3v) is 10.3. The number of likely N-dealkylation sites (tertiary alicyclic amines) is 1. The lowest BCUT2D eigenvalue weighted by atomic mass is 9.96. The lowest BCUT2D eigenvalue weighted by Gasteiger charge is -2.20. The van der Waals surface area contributed by atoms with Crippen molar-refractivity contribution in [2.24, 2.45) is 31.8 Å². The first-order chi connectivity index (χ1) is 23.9. The van der Waals surface area contributed by atoms with E-state index in [1.54, 1.807) is 19.2 Å². The number of pyridine rings is 2. The Bertz CT molecular complexity index is 2310. The predicted octanol–water partition coefficient (Wildman–Crippen LogP) is 5.78. The van der Waals surface area contributed by atoms with Crippen LogP contribution in [0.15, 0.2) is 64.2 Å². The van der Waals surface area contributed by atoms with Crippen LogP contribution in [0.1, 0.15) is 23.2 Å². The Balaban J connectivity index is 1.21. The quantitative estimate of drug-likeness (QED) is 0.196. The molecule has 0 bridgehead atoms. The summed E-state index contributed by atoms with van der Waals surface area (Å²) in [7, 11) is 4.29. The second-order valence-electron chi connectivity index (χ2n) is 12.8. The third kappa shape index (κ3) is 5.59. The minimum atomic E-state index is -2.94. The van der Waals surface area contributed by atoms with Crippen LogP contribution in [0.3, 0.4) is 0 Å². The molecule has 1 aliphatic heterocycles. The number of carbonyl (C=O) groups is 1. The van der Waals surface area contributed by atoms with Crippen LogP contribution in [-0.2, 0) is 25.4 Å². The average Bonchev–Trinajstić information content (AvgIpc) is 3.62. The summed E-state index contributed by atoms with van der Waals surface area (Å²) in [5.74, 6) is -0.195. The molecule has 2 aliphatic rings. The number of carboxylic acids is 1. The maximum absolute atomic E-state index is 13.9. The van der Waals surface area contributed by atoms with E-state index in [1.807, 2.05) is 43.3 Å². The Kier molecular flexibility index (Phi) is 8.43. The molecule has 2 atom stereocenters. The molecule has 2 unspecified atom stereocenters. The van der Waals surface area contributed by atoms with Crippen molar-refractivity contribution in [3.63, 3.8) is 0 Å². The molecule has 1 aliphatic carbocycles. The normalized spacial score (nSPS) is 18.4. The van der Waals surface area contributed by atoms with Crippen molar-refractivity contribution in [1.29, 1.82) is 0 Å². The van der Waals surface area contributed by atoms with Crippen molar-refractivity contribution in [3.8, 4) is 28.3 Å². The molecule has 0 spiro atoms. The summed E-state index contributed by atoms with van der Waals surface area (Å²) < 4.78 is 35.6. The van der Waals surface area contributed by atoms with Crippen molar-refractivity contribution >= 4 is 40.0 Å². The zero-order valence-electron chi connectivity index (χ0n) is 27.6. The van der Waals surface area contributed by atoms with Gasteiger partial charge in [-0.2, -0.15) is 0 Å². The molecule has 1 saturated heterocycles. The first-order valence-electron chi connectivity index (χ1n) is 15.9. The molecule has 5 aromatic rings. The van der Waals surface area contributed by atoms with Gasteiger partial charge in [-0.1, -0.05) is 48.0 Å². The number of alkyl halides is 2. The maximum atomic E-state index is 13.9. The minimum absolute atomic E-state index is 0.00158. The van der Waals surface area contributed by atoms with E-state index in [2.05, 4.69) is 15.2 Å². The lowest BCUT2D eigenvalue weighted by Crippen LogP contribution is -2.37. The SMILES string of the molecule is COc1nc(-c2cccc(-c3cccc(Nc4nc(C(F)F)cc5c4c(=O)n(C)c(=O)n5C)c3C)c2Cl)ccc1CN1CC2C(C1)C2C(=O)O. The van der Waals surface area contributed by atoms with E-state index in [-0.39, 0.29) is 34.5 Å². The number of fused-ring (bicyclic) bond motifs is 2. The number of aryl methyl sites for hydroxylation is 1. The zero-order valence-corrected chi connectivity index (χ0v) is 28.3. The summed E-state index contributed by atoms with van der Waals surface area (Å²) in [6.45, 7) is 3.89. The fourth-order valence-corrected chi connectivity index (χ4v) is 7.53. The standard InChI is InChI=1S/C36H33ClF2N6O5/c1-17-19(7-6-10-24(17)40-32-29-27(13-26(41-32)31(38)39)43(2)36(49)44(3)34(29)46)20-8-5-9-21(30(20)37)25-12-11-18(33(42-25)50-4)14-45-15-22-23(16-45)28(22)35(47)48/h5-13,22-23,28,31H,14-16H2,1-4H3,(H,40,41)(H,47,48). The van der Waals surface area contributed by atoms with E-state index in [0.29, 0.717) is 45.5 Å². The van der Waals surface area contributed by atoms with Gasteiger partial charge in [0.15, 0.2) is 0 Å². The summed E-state index contributed by atoms with van der Waals surface area (Å²) >= 11 is 7.07. The number of nitrogens with zero attached hydrogens (tertiary/aromatic N) is 5. The number of benzene rings is 2. The number of aliphatic carboxylic acids is 1. The van der Waals surface area contributed by atoms with Crippen molar-refractivity contribution in [3.05, 3.63) is 97.3 Å². The van der Waals surface area contributed by atoms with Crippen LogP contribution in [0.2, 0.25) is 5.02 Å². The number of hydrogen-bond donors (Lipinski definition) is 2. The highest BCUT2D eigenvalue weighted by Gasteiger charge is 2.59. The number of methoxy groups -OCH3 is 1. The molecule has 50 heavy (non-hydrogen) atoms. The Hall–Kier alpha value is -5.14. The van der Waals surface area contributed by atoms with E-state index in [4.69, 9.17) is 21.3 Å². The number of rotatable bonds is 9. The third-order valence-electron chi connectivity index (χ3n) is 9.93. The van der Waals surface area contributed by atoms with Gasteiger partial charge in [0.1, 0.15) is 16.9 Å². The van der Waals surface area contributed by atoms with Crippen LogP contribution in [-0.4, -0.2) is 55.3 Å². The van der Waals surface area contributed by atoms with Gasteiger partial charge < -0.3 is 15.2 Å². The smallest absolute Gasteiger partial charge is 0.330 e. The van der Waals surface area contributed by atoms with Gasteiger partial charge in [-0.05, 0) is 48.1 Å². The Labute approximate surface area is 289 Å². The number of halogens is 3. The number of carboxylic acid groups (broad SMARTS) is 1. The number of aromatic nitrogens is 4. The van der Waals surface area contributed by atoms with Crippen molar-refractivity contribution in [2.45, 2.75) is 19.9 Å². The van der Waals surface area contributed by atoms with Gasteiger partial charge in [-0.25, -0.2) is 23.5 Å². The molecule has 4 heterocycles. The topological polar surface area (TPSA) is 132 Å². The lowest BCUT2D eigenvalue weighted by molar-refractivity contribution is -0.139. The summed E-state index contributed by atoms with van der Waals surface area (Å²) in [5.41, 5.74) is 2.94. The molecule has 3 aromatic heterocycles. The molecule has 7 rings (SSSR count). The summed E-state index contributed by atoms with van der Waals surface area (Å²) in [5, 5.41) is 12.9. The molecule has 11 nitrogen and oxygen atoms in total. The molecule has 2 fully saturated rings. The maximum Gasteiger partial charge on any atom is 0.330 e. The molecular weight excluding hydrogens is 670 g/mol. The highest BCUT2D eigenvalue weighted by Crippen LogP contribution is 2.52. The molecule has 258 valence electrons. The average molecular weight is 703 g/mol. The highest BCUT2D eigenvalue weighted by molar-refractivity contribution is 6.36. The largest absolute Gasteiger partial charge is 0.481 e. The molecular formula is C36H33ClF2N6O5. The Morgan fingerprint density at radius 3 is 2.38 bits per heavy atom. The molecule has 0 radical (unpaired) electrons. The van der Waals surface area contributed by atoms with Crippen LogP contribution >= 0.6 is 11.6 Å². The van der Waals surface area contributed by atoms with Crippen LogP contribution in [0, 0.1) is 24.7 Å². The number of anilines is 2. The fraction of sp³-hybridized carbons (Fsp3) is 0.306. The number of nitrogens with one attached hydrogen (secondary N) is 1. The summed E-state index contributed by atoms with van der Waals surface area (Å²) in [6.07, 6.45) is -2.94. The monoisotopic (exact) mass is 702 g/mol. The second kappa shape index (κ2) is 12.6. The van der Waals surface area contributed by atoms with E-state index in [0.717, 1.165) is 39.4 Å². The van der Waals surface area contributed by atoms with Crippen LogP contribution in [0.25, 0.3) is 33.3 Å². The molecule has 2 aromatic carbocycles. The number of ether oxygens (including phenoxy) is 1. The predicted molar refractivity (Wildman–Crippen MR) is 185 cm³/mol. The van der Waals surface area contributed by atoms with E-state index < -0.39 is 29.3 Å². The van der Waals surface area contributed by atoms with Gasteiger partial charge >= 0.3 is 11.7 Å². The minimum Gasteiger partial charge on any atom is -0.481 e. The van der Waals surface area contributed by atoms with Crippen LogP contribution in [0.4, 0.5) is 20.3 Å². The van der Waals surface area contributed by atoms with E-state index in [1.165, 1.54) is 14.1 Å². The van der Waals surface area contributed by atoms with Gasteiger partial charge in [0.2, 0.25) is 5.88 Å². The van der Waals surface area contributed by atoms with Gasteiger partial charge in [-0.15, -0.1) is 0 Å². The van der Waals surface area contributed by atoms with Gasteiger partial charge in [0.25, 0.3) is 12.0 Å². The van der Waals surface area contributed by atoms with Gasteiger partial charge in [0.05, 0.1) is 29.3 Å². The second-order valence-corrected chi connectivity index (χ2v) is 13.2. The first kappa shape index (κ1) is 33.4. The van der Waals surface area contributed by atoms with Crippen LogP contribution < -0.4 is 21.3 Å². The van der Waals surface area contributed by atoms with E-state index in [9.17, 15) is 28.3 Å². The fourth-order valence-electron chi connectivity index (χ4n) is 7.21. The van der Waals surface area contributed by atoms with Gasteiger partial charge in [-0.3, -0.25) is 23.6 Å². The van der Waals surface area contributed by atoms with E-state index >= 15 is 0 Å². The van der Waals surface area contributed by atoms with Crippen molar-refractivity contribution < 1.29 is 23.4 Å². The molecule has 0 amide bonds. The molecule has 1 saturated carbocycles. The number of piperidine rings is 1.